The maximum Gasteiger partial charge on any atom is 0.243 e. The summed E-state index contributed by atoms with van der Waals surface area (Å²) in [5.74, 6) is 0.236. The van der Waals surface area contributed by atoms with Crippen molar-refractivity contribution in [3.05, 3.63) is 88.9 Å². The van der Waals surface area contributed by atoms with E-state index in [1.54, 1.807) is 30.3 Å². The second-order valence-electron chi connectivity index (χ2n) is 7.14. The van der Waals surface area contributed by atoms with Crippen molar-refractivity contribution in [2.24, 2.45) is 0 Å². The minimum Gasteiger partial charge on any atom is -0.493 e. The lowest BCUT2D eigenvalue weighted by Crippen LogP contribution is -2.40. The summed E-state index contributed by atoms with van der Waals surface area (Å²) in [7, 11) is -1.13. The molecule has 0 unspecified atom stereocenters. The van der Waals surface area contributed by atoms with Gasteiger partial charge in [-0.1, -0.05) is 60.1 Å². The summed E-state index contributed by atoms with van der Waals surface area (Å²) in [6, 6.07) is 20.5. The number of hydrogen-bond acceptors (Lipinski definition) is 5. The van der Waals surface area contributed by atoms with Crippen LogP contribution in [0.2, 0.25) is 5.02 Å². The standard InChI is InChI=1S/C24H25ClN2O5S/c1-31-22-13-12-20(14-23(22)32-2)33(29,30)27(16-18-8-4-3-5-9-18)17-24(28)26-15-19-10-6-7-11-21(19)25/h3-14H,15-17H2,1-2H3,(H,26,28). The number of nitrogens with one attached hydrogen (secondary N) is 1. The Balaban J connectivity index is 1.85. The van der Waals surface area contributed by atoms with Crippen LogP contribution in [-0.2, 0) is 27.9 Å². The predicted octanol–water partition coefficient (Wildman–Crippen LogP) is 3.86. The molecule has 0 saturated carbocycles. The van der Waals surface area contributed by atoms with Crippen LogP contribution in [0.1, 0.15) is 11.1 Å². The van der Waals surface area contributed by atoms with Gasteiger partial charge in [0.05, 0.1) is 25.7 Å². The van der Waals surface area contributed by atoms with Gasteiger partial charge in [0.1, 0.15) is 0 Å². The van der Waals surface area contributed by atoms with Gasteiger partial charge in [0.2, 0.25) is 15.9 Å². The summed E-state index contributed by atoms with van der Waals surface area (Å²) in [5, 5.41) is 3.27. The van der Waals surface area contributed by atoms with E-state index >= 15 is 0 Å². The molecular weight excluding hydrogens is 464 g/mol. The minimum absolute atomic E-state index is 0.00464. The van der Waals surface area contributed by atoms with Crippen LogP contribution in [0.15, 0.2) is 77.7 Å². The number of benzene rings is 3. The molecule has 0 saturated heterocycles. The van der Waals surface area contributed by atoms with Crippen LogP contribution in [0.25, 0.3) is 0 Å². The number of halogens is 1. The van der Waals surface area contributed by atoms with Crippen molar-refractivity contribution in [1.82, 2.24) is 9.62 Å². The first kappa shape index (κ1) is 24.6. The van der Waals surface area contributed by atoms with Gasteiger partial charge in [-0.3, -0.25) is 4.79 Å². The fourth-order valence-electron chi connectivity index (χ4n) is 3.19. The van der Waals surface area contributed by atoms with Crippen molar-refractivity contribution >= 4 is 27.5 Å². The first-order chi connectivity index (χ1) is 15.8. The summed E-state index contributed by atoms with van der Waals surface area (Å²) in [5.41, 5.74) is 1.49. The van der Waals surface area contributed by atoms with E-state index in [0.29, 0.717) is 10.8 Å². The smallest absolute Gasteiger partial charge is 0.243 e. The molecule has 0 aliphatic carbocycles. The average molecular weight is 489 g/mol. The molecule has 0 aliphatic heterocycles. The second kappa shape index (κ2) is 11.2. The van der Waals surface area contributed by atoms with Gasteiger partial charge >= 0.3 is 0 Å². The van der Waals surface area contributed by atoms with Gasteiger partial charge in [-0.2, -0.15) is 4.31 Å². The molecule has 3 aromatic carbocycles. The third kappa shape index (κ3) is 6.25. The molecule has 0 radical (unpaired) electrons. The molecule has 174 valence electrons. The summed E-state index contributed by atoms with van der Waals surface area (Å²) in [6.45, 7) is -0.152. The topological polar surface area (TPSA) is 84.9 Å². The van der Waals surface area contributed by atoms with Crippen molar-refractivity contribution in [2.75, 3.05) is 20.8 Å². The molecule has 9 heteroatoms. The average Bonchev–Trinajstić information content (AvgIpc) is 2.83. The third-order valence-electron chi connectivity index (χ3n) is 4.95. The SMILES string of the molecule is COc1ccc(S(=O)(=O)N(CC(=O)NCc2ccccc2Cl)Cc2ccccc2)cc1OC. The minimum atomic E-state index is -4.03. The fourth-order valence-corrected chi connectivity index (χ4v) is 4.79. The van der Waals surface area contributed by atoms with Crippen molar-refractivity contribution in [1.29, 1.82) is 0 Å². The number of amides is 1. The number of ether oxygens (including phenoxy) is 2. The lowest BCUT2D eigenvalue weighted by atomic mass is 10.2. The number of nitrogens with zero attached hydrogens (tertiary/aromatic N) is 1. The largest absolute Gasteiger partial charge is 0.493 e. The molecule has 0 atom stereocenters. The Labute approximate surface area is 198 Å². The highest BCUT2D eigenvalue weighted by atomic mass is 35.5. The van der Waals surface area contributed by atoms with E-state index in [1.807, 2.05) is 24.3 Å². The maximum atomic E-state index is 13.5. The second-order valence-corrected chi connectivity index (χ2v) is 9.49. The number of rotatable bonds is 10. The zero-order valence-corrected chi connectivity index (χ0v) is 19.9. The van der Waals surface area contributed by atoms with Crippen LogP contribution < -0.4 is 14.8 Å². The maximum absolute atomic E-state index is 13.5. The van der Waals surface area contributed by atoms with Crippen LogP contribution in [-0.4, -0.2) is 39.4 Å². The Bertz CT molecular complexity index is 1200. The Morgan fingerprint density at radius 2 is 1.61 bits per heavy atom. The van der Waals surface area contributed by atoms with Gasteiger partial charge in [-0.25, -0.2) is 8.42 Å². The zero-order chi connectivity index (χ0) is 23.8. The summed E-state index contributed by atoms with van der Waals surface area (Å²) < 4.78 is 38.6. The molecular formula is C24H25ClN2O5S. The van der Waals surface area contributed by atoms with E-state index in [9.17, 15) is 13.2 Å². The monoisotopic (exact) mass is 488 g/mol. The van der Waals surface area contributed by atoms with E-state index in [4.69, 9.17) is 21.1 Å². The molecule has 1 amide bonds. The molecule has 3 rings (SSSR count). The summed E-state index contributed by atoms with van der Waals surface area (Å²) in [6.07, 6.45) is 0. The van der Waals surface area contributed by atoms with E-state index in [2.05, 4.69) is 5.32 Å². The van der Waals surface area contributed by atoms with Crippen LogP contribution in [0.5, 0.6) is 11.5 Å². The quantitative estimate of drug-likeness (QED) is 0.468. The van der Waals surface area contributed by atoms with Crippen LogP contribution in [0, 0.1) is 0 Å². The predicted molar refractivity (Wildman–Crippen MR) is 127 cm³/mol. The molecule has 0 fully saturated rings. The number of hydrogen-bond donors (Lipinski definition) is 1. The zero-order valence-electron chi connectivity index (χ0n) is 18.3. The lowest BCUT2D eigenvalue weighted by Gasteiger charge is -2.22. The molecule has 7 nitrogen and oxygen atoms in total. The molecule has 33 heavy (non-hydrogen) atoms. The molecule has 1 N–H and O–H groups in total. The van der Waals surface area contributed by atoms with E-state index < -0.39 is 15.9 Å². The van der Waals surface area contributed by atoms with Gasteiger partial charge in [-0.05, 0) is 29.3 Å². The highest BCUT2D eigenvalue weighted by molar-refractivity contribution is 7.89. The third-order valence-corrected chi connectivity index (χ3v) is 7.10. The Hall–Kier alpha value is -3.07. The summed E-state index contributed by atoms with van der Waals surface area (Å²) in [4.78, 5) is 12.7. The van der Waals surface area contributed by atoms with Crippen LogP contribution in [0.3, 0.4) is 0 Å². The van der Waals surface area contributed by atoms with Crippen molar-refractivity contribution in [3.63, 3.8) is 0 Å². The summed E-state index contributed by atoms with van der Waals surface area (Å²) >= 11 is 6.15. The Morgan fingerprint density at radius 1 is 0.939 bits per heavy atom. The number of methoxy groups -OCH3 is 2. The van der Waals surface area contributed by atoms with Crippen molar-refractivity contribution < 1.29 is 22.7 Å². The number of sulfonamides is 1. The number of carbonyl (C=O) groups is 1. The van der Waals surface area contributed by atoms with Crippen molar-refractivity contribution in [3.8, 4) is 11.5 Å². The Morgan fingerprint density at radius 3 is 2.27 bits per heavy atom. The van der Waals surface area contributed by atoms with Gasteiger partial charge in [0.15, 0.2) is 11.5 Å². The Kier molecular flexibility index (Phi) is 8.32. The van der Waals surface area contributed by atoms with Gasteiger partial charge < -0.3 is 14.8 Å². The van der Waals surface area contributed by atoms with Crippen LogP contribution >= 0.6 is 11.6 Å². The molecule has 0 aromatic heterocycles. The molecule has 0 heterocycles. The molecule has 0 spiro atoms. The van der Waals surface area contributed by atoms with Crippen LogP contribution in [0.4, 0.5) is 0 Å². The number of carbonyl (C=O) groups excluding carboxylic acids is 1. The van der Waals surface area contributed by atoms with Gasteiger partial charge in [-0.15, -0.1) is 0 Å². The van der Waals surface area contributed by atoms with Gasteiger partial charge in [0.25, 0.3) is 0 Å². The first-order valence-electron chi connectivity index (χ1n) is 10.1. The van der Waals surface area contributed by atoms with Gasteiger partial charge in [0, 0.05) is 24.2 Å². The van der Waals surface area contributed by atoms with Crippen molar-refractivity contribution in [2.45, 2.75) is 18.0 Å². The molecule has 0 aliphatic rings. The molecule has 0 bridgehead atoms. The van der Waals surface area contributed by atoms with E-state index in [0.717, 1.165) is 15.4 Å². The first-order valence-corrected chi connectivity index (χ1v) is 11.9. The highest BCUT2D eigenvalue weighted by Gasteiger charge is 2.28. The normalized spacial score (nSPS) is 11.3. The molecule has 3 aromatic rings. The van der Waals surface area contributed by atoms with E-state index in [-0.39, 0.29) is 30.3 Å². The van der Waals surface area contributed by atoms with E-state index in [1.165, 1.54) is 32.4 Å². The lowest BCUT2D eigenvalue weighted by molar-refractivity contribution is -0.121. The fraction of sp³-hybridized carbons (Fsp3) is 0.208. The highest BCUT2D eigenvalue weighted by Crippen LogP contribution is 2.31.